The Morgan fingerprint density at radius 3 is 3.07 bits per heavy atom. The molecule has 0 saturated carbocycles. The van der Waals surface area contributed by atoms with Crippen molar-refractivity contribution in [2.45, 2.75) is 32.0 Å². The van der Waals surface area contributed by atoms with Gasteiger partial charge in [-0.2, -0.15) is 0 Å². The molecule has 78 valence electrons. The number of benzene rings is 1. The fraction of sp³-hybridized carbons (Fsp3) is 0.385. The van der Waals surface area contributed by atoms with Crippen molar-refractivity contribution in [2.75, 3.05) is 0 Å². The van der Waals surface area contributed by atoms with Crippen LogP contribution >= 0.6 is 0 Å². The summed E-state index contributed by atoms with van der Waals surface area (Å²) in [5, 5.41) is 9.82. The van der Waals surface area contributed by atoms with Crippen LogP contribution in [0.3, 0.4) is 0 Å². The molecule has 1 heterocycles. The van der Waals surface area contributed by atoms with Crippen molar-refractivity contribution in [2.24, 2.45) is 0 Å². The third-order valence-electron chi connectivity index (χ3n) is 2.59. The van der Waals surface area contributed by atoms with Crippen LogP contribution in [0.25, 0.3) is 0 Å². The molecule has 0 spiro atoms. The van der Waals surface area contributed by atoms with Crippen molar-refractivity contribution >= 4 is 0 Å². The first kappa shape index (κ1) is 10.1. The van der Waals surface area contributed by atoms with Gasteiger partial charge in [-0.05, 0) is 18.6 Å². The van der Waals surface area contributed by atoms with Crippen LogP contribution in [0, 0.1) is 11.8 Å². The molecule has 0 radical (unpaired) electrons. The van der Waals surface area contributed by atoms with Crippen LogP contribution < -0.4 is 4.74 Å². The highest BCUT2D eigenvalue weighted by atomic mass is 16.5. The summed E-state index contributed by atoms with van der Waals surface area (Å²) in [4.78, 5) is 0. The number of para-hydroxylation sites is 1. The van der Waals surface area contributed by atoms with Gasteiger partial charge in [-0.25, -0.2) is 0 Å². The van der Waals surface area contributed by atoms with E-state index in [0.717, 1.165) is 12.2 Å². The van der Waals surface area contributed by atoms with Gasteiger partial charge in [-0.15, -0.1) is 11.8 Å². The predicted octanol–water partition coefficient (Wildman–Crippen LogP) is 1.76. The molecule has 0 aromatic heterocycles. The van der Waals surface area contributed by atoms with Crippen molar-refractivity contribution in [3.05, 3.63) is 29.8 Å². The second kappa shape index (κ2) is 4.37. The minimum atomic E-state index is -0.496. The molecule has 2 atom stereocenters. The van der Waals surface area contributed by atoms with E-state index in [1.165, 1.54) is 5.56 Å². The Bertz CT molecular complexity index is 375. The maximum Gasteiger partial charge on any atom is 0.130 e. The molecule has 0 aliphatic carbocycles. The fourth-order valence-electron chi connectivity index (χ4n) is 1.76. The molecule has 0 saturated heterocycles. The minimum Gasteiger partial charge on any atom is -0.487 e. The number of aliphatic hydroxyl groups is 1. The van der Waals surface area contributed by atoms with Crippen molar-refractivity contribution in [1.82, 2.24) is 0 Å². The molecule has 2 nitrogen and oxygen atoms in total. The highest BCUT2D eigenvalue weighted by Gasteiger charge is 2.28. The van der Waals surface area contributed by atoms with Gasteiger partial charge in [0.1, 0.15) is 18.0 Å². The molecular weight excluding hydrogens is 188 g/mol. The van der Waals surface area contributed by atoms with Gasteiger partial charge in [0.25, 0.3) is 0 Å². The summed E-state index contributed by atoms with van der Waals surface area (Å²) < 4.78 is 5.65. The third-order valence-corrected chi connectivity index (χ3v) is 2.59. The Morgan fingerprint density at radius 2 is 2.33 bits per heavy atom. The first-order chi connectivity index (χ1) is 7.31. The lowest BCUT2D eigenvalue weighted by molar-refractivity contribution is 0.0536. The molecule has 0 bridgehead atoms. The van der Waals surface area contributed by atoms with Crippen LogP contribution in [0.2, 0.25) is 0 Å². The zero-order chi connectivity index (χ0) is 10.7. The van der Waals surface area contributed by atoms with E-state index in [9.17, 15) is 5.11 Å². The van der Waals surface area contributed by atoms with Crippen molar-refractivity contribution in [1.29, 1.82) is 0 Å². The second-order valence-electron chi connectivity index (χ2n) is 3.67. The predicted molar refractivity (Wildman–Crippen MR) is 58.6 cm³/mol. The summed E-state index contributed by atoms with van der Waals surface area (Å²) in [6.45, 7) is 1.77. The van der Waals surface area contributed by atoms with Crippen LogP contribution in [0.4, 0.5) is 0 Å². The zero-order valence-corrected chi connectivity index (χ0v) is 8.73. The van der Waals surface area contributed by atoms with E-state index < -0.39 is 6.10 Å². The first-order valence-electron chi connectivity index (χ1n) is 5.13. The Balaban J connectivity index is 2.02. The summed E-state index contributed by atoms with van der Waals surface area (Å²) in [6.07, 6.45) is 0.630. The van der Waals surface area contributed by atoms with Gasteiger partial charge in [-0.3, -0.25) is 0 Å². The largest absolute Gasteiger partial charge is 0.487 e. The Morgan fingerprint density at radius 1 is 1.53 bits per heavy atom. The fourth-order valence-corrected chi connectivity index (χ4v) is 1.76. The van der Waals surface area contributed by atoms with Crippen LogP contribution in [0.15, 0.2) is 24.3 Å². The van der Waals surface area contributed by atoms with E-state index >= 15 is 0 Å². The van der Waals surface area contributed by atoms with Gasteiger partial charge in [0.05, 0.1) is 0 Å². The van der Waals surface area contributed by atoms with E-state index in [1.54, 1.807) is 6.92 Å². The lowest BCUT2D eigenvalue weighted by Crippen LogP contribution is -2.29. The minimum absolute atomic E-state index is 0.136. The van der Waals surface area contributed by atoms with E-state index in [1.807, 2.05) is 24.3 Å². The number of fused-ring (bicyclic) bond motifs is 1. The van der Waals surface area contributed by atoms with E-state index in [0.29, 0.717) is 6.42 Å². The van der Waals surface area contributed by atoms with Gasteiger partial charge in [-0.1, -0.05) is 18.2 Å². The second-order valence-corrected chi connectivity index (χ2v) is 3.67. The maximum atomic E-state index is 9.82. The van der Waals surface area contributed by atoms with Gasteiger partial charge < -0.3 is 9.84 Å². The Kier molecular flexibility index (Phi) is 2.94. The average molecular weight is 202 g/mol. The van der Waals surface area contributed by atoms with Crippen molar-refractivity contribution in [3.63, 3.8) is 0 Å². The summed E-state index contributed by atoms with van der Waals surface area (Å²) in [5.74, 6) is 6.54. The molecule has 2 heteroatoms. The summed E-state index contributed by atoms with van der Waals surface area (Å²) >= 11 is 0. The molecule has 1 aliphatic rings. The zero-order valence-electron chi connectivity index (χ0n) is 8.73. The quantitative estimate of drug-likeness (QED) is 0.740. The van der Waals surface area contributed by atoms with E-state index in [-0.39, 0.29) is 6.10 Å². The number of hydrogen-bond donors (Lipinski definition) is 1. The topological polar surface area (TPSA) is 29.5 Å². The van der Waals surface area contributed by atoms with Gasteiger partial charge >= 0.3 is 0 Å². The number of ether oxygens (including phenoxy) is 1. The highest BCUT2D eigenvalue weighted by molar-refractivity contribution is 5.37. The summed E-state index contributed by atoms with van der Waals surface area (Å²) in [7, 11) is 0. The summed E-state index contributed by atoms with van der Waals surface area (Å²) in [5.41, 5.74) is 1.17. The number of hydrogen-bond acceptors (Lipinski definition) is 2. The average Bonchev–Trinajstić information content (AvgIpc) is 2.69. The molecule has 15 heavy (non-hydrogen) atoms. The normalized spacial score (nSPS) is 19.7. The molecule has 2 rings (SSSR count). The van der Waals surface area contributed by atoms with Gasteiger partial charge in [0.15, 0.2) is 0 Å². The molecule has 0 amide bonds. The molecular formula is C13H14O2. The molecule has 1 aliphatic heterocycles. The molecule has 1 aromatic rings. The van der Waals surface area contributed by atoms with E-state index in [4.69, 9.17) is 4.74 Å². The highest BCUT2D eigenvalue weighted by Crippen LogP contribution is 2.29. The van der Waals surface area contributed by atoms with Crippen molar-refractivity contribution < 1.29 is 9.84 Å². The van der Waals surface area contributed by atoms with Crippen LogP contribution in [-0.2, 0) is 6.42 Å². The number of aliphatic hydroxyl groups excluding tert-OH is 1. The Hall–Kier alpha value is -1.46. The maximum absolute atomic E-state index is 9.82. The van der Waals surface area contributed by atoms with Crippen LogP contribution in [0.1, 0.15) is 18.9 Å². The summed E-state index contributed by atoms with van der Waals surface area (Å²) in [6, 6.07) is 7.91. The first-order valence-corrected chi connectivity index (χ1v) is 5.13. The number of rotatable bonds is 2. The molecule has 1 aromatic carbocycles. The van der Waals surface area contributed by atoms with Crippen molar-refractivity contribution in [3.8, 4) is 17.6 Å². The lowest BCUT2D eigenvalue weighted by atomic mass is 10.0. The van der Waals surface area contributed by atoms with Gasteiger partial charge in [0, 0.05) is 12.8 Å². The van der Waals surface area contributed by atoms with Gasteiger partial charge in [0.2, 0.25) is 0 Å². The lowest BCUT2D eigenvalue weighted by Gasteiger charge is -2.15. The van der Waals surface area contributed by atoms with Crippen LogP contribution in [-0.4, -0.2) is 17.3 Å². The monoisotopic (exact) mass is 202 g/mol. The third kappa shape index (κ3) is 2.14. The molecule has 1 N–H and O–H groups in total. The standard InChI is InChI=1S/C13H14O2/c1-2-3-7-11(14)13-9-10-6-4-5-8-12(10)15-13/h4-6,8,11,13-14H,7,9H2,1H3. The SMILES string of the molecule is CC#CCC(O)C1Cc2ccccc2O1. The van der Waals surface area contributed by atoms with Crippen LogP contribution in [0.5, 0.6) is 5.75 Å². The Labute approximate surface area is 89.9 Å². The van der Waals surface area contributed by atoms with E-state index in [2.05, 4.69) is 11.8 Å². The smallest absolute Gasteiger partial charge is 0.130 e. The molecule has 2 unspecified atom stereocenters. The molecule has 0 fully saturated rings.